The molecule has 19 heavy (non-hydrogen) atoms. The van der Waals surface area contributed by atoms with E-state index < -0.39 is 0 Å². The SMILES string of the molecule is Cc1nc(CCNc2ccc(C(N)=S)c(Cl)c2)cs1. The first kappa shape index (κ1) is 14.2. The van der Waals surface area contributed by atoms with Crippen LogP contribution in [0, 0.1) is 6.92 Å². The smallest absolute Gasteiger partial charge is 0.105 e. The average Bonchev–Trinajstić information content (AvgIpc) is 2.75. The van der Waals surface area contributed by atoms with Gasteiger partial charge in [0, 0.05) is 29.6 Å². The zero-order valence-corrected chi connectivity index (χ0v) is 12.8. The van der Waals surface area contributed by atoms with Crippen molar-refractivity contribution in [1.29, 1.82) is 0 Å². The van der Waals surface area contributed by atoms with E-state index in [-0.39, 0.29) is 0 Å². The van der Waals surface area contributed by atoms with Crippen molar-refractivity contribution in [3.8, 4) is 0 Å². The fraction of sp³-hybridized carbons (Fsp3) is 0.231. The highest BCUT2D eigenvalue weighted by Gasteiger charge is 2.04. The number of aryl methyl sites for hydroxylation is 1. The summed E-state index contributed by atoms with van der Waals surface area (Å²) in [6.07, 6.45) is 0.888. The molecule has 0 aliphatic heterocycles. The Kier molecular flexibility index (Phi) is 4.74. The minimum atomic E-state index is 0.314. The van der Waals surface area contributed by atoms with Gasteiger partial charge in [0.25, 0.3) is 0 Å². The molecule has 0 bridgehead atoms. The van der Waals surface area contributed by atoms with E-state index in [4.69, 9.17) is 29.6 Å². The van der Waals surface area contributed by atoms with Gasteiger partial charge >= 0.3 is 0 Å². The van der Waals surface area contributed by atoms with Gasteiger partial charge in [-0.15, -0.1) is 11.3 Å². The Morgan fingerprint density at radius 1 is 1.53 bits per heavy atom. The molecule has 2 rings (SSSR count). The van der Waals surface area contributed by atoms with Crippen LogP contribution in [0.5, 0.6) is 0 Å². The molecule has 1 aromatic heterocycles. The summed E-state index contributed by atoms with van der Waals surface area (Å²) in [6, 6.07) is 5.59. The second-order valence-electron chi connectivity index (χ2n) is 4.09. The number of benzene rings is 1. The lowest BCUT2D eigenvalue weighted by molar-refractivity contribution is 0.968. The van der Waals surface area contributed by atoms with Crippen LogP contribution in [0.25, 0.3) is 0 Å². The van der Waals surface area contributed by atoms with Crippen LogP contribution >= 0.6 is 35.2 Å². The molecule has 1 aromatic carbocycles. The van der Waals surface area contributed by atoms with E-state index in [2.05, 4.69) is 15.7 Å². The number of halogens is 1. The summed E-state index contributed by atoms with van der Waals surface area (Å²) in [4.78, 5) is 4.73. The van der Waals surface area contributed by atoms with Crippen LogP contribution in [0.4, 0.5) is 5.69 Å². The predicted octanol–water partition coefficient (Wildman–Crippen LogP) is 3.39. The molecule has 3 N–H and O–H groups in total. The van der Waals surface area contributed by atoms with Gasteiger partial charge in [0.15, 0.2) is 0 Å². The molecule has 0 fully saturated rings. The highest BCUT2D eigenvalue weighted by molar-refractivity contribution is 7.80. The molecule has 3 nitrogen and oxygen atoms in total. The van der Waals surface area contributed by atoms with E-state index in [1.165, 1.54) is 0 Å². The number of nitrogens with zero attached hydrogens (tertiary/aromatic N) is 1. The van der Waals surface area contributed by atoms with Gasteiger partial charge in [0.05, 0.1) is 15.7 Å². The lowest BCUT2D eigenvalue weighted by atomic mass is 10.2. The normalized spacial score (nSPS) is 10.4. The number of aromatic nitrogens is 1. The van der Waals surface area contributed by atoms with Crippen LogP contribution in [0.3, 0.4) is 0 Å². The van der Waals surface area contributed by atoms with Crippen LogP contribution in [0.1, 0.15) is 16.3 Å². The van der Waals surface area contributed by atoms with Gasteiger partial charge in [-0.05, 0) is 25.1 Å². The summed E-state index contributed by atoms with van der Waals surface area (Å²) >= 11 is 12.7. The monoisotopic (exact) mass is 311 g/mol. The molecule has 0 aliphatic rings. The van der Waals surface area contributed by atoms with Gasteiger partial charge in [-0.1, -0.05) is 23.8 Å². The van der Waals surface area contributed by atoms with Crippen molar-refractivity contribution in [1.82, 2.24) is 4.98 Å². The third-order valence-electron chi connectivity index (χ3n) is 2.61. The van der Waals surface area contributed by atoms with Crippen molar-refractivity contribution in [2.45, 2.75) is 13.3 Å². The highest BCUT2D eigenvalue weighted by Crippen LogP contribution is 2.21. The molecule has 2 aromatic rings. The zero-order valence-electron chi connectivity index (χ0n) is 10.4. The molecule has 0 saturated carbocycles. The van der Waals surface area contributed by atoms with E-state index in [0.29, 0.717) is 15.6 Å². The molecule has 0 radical (unpaired) electrons. The number of anilines is 1. The molecule has 0 saturated heterocycles. The maximum absolute atomic E-state index is 6.11. The summed E-state index contributed by atoms with van der Waals surface area (Å²) in [5.74, 6) is 0. The van der Waals surface area contributed by atoms with E-state index >= 15 is 0 Å². The second-order valence-corrected chi connectivity index (χ2v) is 6.00. The topological polar surface area (TPSA) is 50.9 Å². The summed E-state index contributed by atoms with van der Waals surface area (Å²) in [5, 5.41) is 7.06. The third-order valence-corrected chi connectivity index (χ3v) is 3.97. The van der Waals surface area contributed by atoms with Gasteiger partial charge in [-0.25, -0.2) is 4.98 Å². The average molecular weight is 312 g/mol. The van der Waals surface area contributed by atoms with Crippen molar-refractivity contribution in [3.63, 3.8) is 0 Å². The van der Waals surface area contributed by atoms with Crippen LogP contribution in [0.15, 0.2) is 23.6 Å². The molecule has 0 unspecified atom stereocenters. The Labute approximate surface area is 126 Å². The molecule has 0 atom stereocenters. The number of hydrogen-bond acceptors (Lipinski definition) is 4. The predicted molar refractivity (Wildman–Crippen MR) is 86.4 cm³/mol. The zero-order chi connectivity index (χ0) is 13.8. The first-order chi connectivity index (χ1) is 9.06. The molecule has 0 amide bonds. The van der Waals surface area contributed by atoms with Crippen LogP contribution < -0.4 is 11.1 Å². The lowest BCUT2D eigenvalue weighted by Gasteiger charge is -2.08. The highest BCUT2D eigenvalue weighted by atomic mass is 35.5. The van der Waals surface area contributed by atoms with Crippen molar-refractivity contribution in [2.75, 3.05) is 11.9 Å². The van der Waals surface area contributed by atoms with Crippen LogP contribution in [-0.2, 0) is 6.42 Å². The Balaban J connectivity index is 1.93. The van der Waals surface area contributed by atoms with Gasteiger partial charge in [-0.3, -0.25) is 0 Å². The van der Waals surface area contributed by atoms with E-state index in [1.807, 2.05) is 25.1 Å². The largest absolute Gasteiger partial charge is 0.389 e. The first-order valence-corrected chi connectivity index (χ1v) is 7.47. The lowest BCUT2D eigenvalue weighted by Crippen LogP contribution is -2.10. The summed E-state index contributed by atoms with van der Waals surface area (Å²) in [6.45, 7) is 2.82. The number of thiazole rings is 1. The number of nitrogens with one attached hydrogen (secondary N) is 1. The van der Waals surface area contributed by atoms with Gasteiger partial charge in [-0.2, -0.15) is 0 Å². The summed E-state index contributed by atoms with van der Waals surface area (Å²) in [7, 11) is 0. The summed E-state index contributed by atoms with van der Waals surface area (Å²) < 4.78 is 0. The van der Waals surface area contributed by atoms with E-state index in [1.54, 1.807) is 11.3 Å². The molecule has 6 heteroatoms. The molecule has 100 valence electrons. The fourth-order valence-electron chi connectivity index (χ4n) is 1.68. The van der Waals surface area contributed by atoms with E-state index in [9.17, 15) is 0 Å². The maximum Gasteiger partial charge on any atom is 0.105 e. The van der Waals surface area contributed by atoms with E-state index in [0.717, 1.165) is 29.4 Å². The number of nitrogens with two attached hydrogens (primary N) is 1. The van der Waals surface area contributed by atoms with Crippen molar-refractivity contribution in [3.05, 3.63) is 44.9 Å². The van der Waals surface area contributed by atoms with Crippen molar-refractivity contribution < 1.29 is 0 Å². The third kappa shape index (κ3) is 3.89. The Hall–Kier alpha value is -1.17. The minimum absolute atomic E-state index is 0.314. The first-order valence-electron chi connectivity index (χ1n) is 5.80. The number of rotatable bonds is 5. The molecule has 0 spiro atoms. The number of thiocarbonyl (C=S) groups is 1. The Morgan fingerprint density at radius 3 is 2.89 bits per heavy atom. The van der Waals surface area contributed by atoms with Crippen LogP contribution in [0.2, 0.25) is 5.02 Å². The molecule has 1 heterocycles. The fourth-order valence-corrected chi connectivity index (χ4v) is 2.85. The molecular formula is C13H14ClN3S2. The second kappa shape index (κ2) is 6.32. The Bertz CT molecular complexity index is 595. The standard InChI is InChI=1S/C13H14ClN3S2/c1-8-17-10(7-19-8)4-5-16-9-2-3-11(13(15)18)12(14)6-9/h2-3,6-7,16H,4-5H2,1H3,(H2,15,18). The summed E-state index contributed by atoms with van der Waals surface area (Å²) in [5.41, 5.74) is 8.34. The quantitative estimate of drug-likeness (QED) is 0.831. The molecular weight excluding hydrogens is 298 g/mol. The number of hydrogen-bond donors (Lipinski definition) is 2. The van der Waals surface area contributed by atoms with Gasteiger partial charge in [0.2, 0.25) is 0 Å². The molecule has 0 aliphatic carbocycles. The minimum Gasteiger partial charge on any atom is -0.389 e. The van der Waals surface area contributed by atoms with Crippen molar-refractivity contribution in [2.24, 2.45) is 5.73 Å². The maximum atomic E-state index is 6.11. The van der Waals surface area contributed by atoms with Crippen molar-refractivity contribution >= 4 is 45.8 Å². The van der Waals surface area contributed by atoms with Gasteiger partial charge < -0.3 is 11.1 Å². The van der Waals surface area contributed by atoms with Crippen LogP contribution in [-0.4, -0.2) is 16.5 Å². The Morgan fingerprint density at radius 2 is 2.32 bits per heavy atom. The van der Waals surface area contributed by atoms with Gasteiger partial charge in [0.1, 0.15) is 4.99 Å².